The van der Waals surface area contributed by atoms with E-state index in [-0.39, 0.29) is 11.8 Å². The van der Waals surface area contributed by atoms with Crippen LogP contribution in [0, 0.1) is 23.7 Å². The molecule has 0 heterocycles. The Balaban J connectivity index is 1.47. The Kier molecular flexibility index (Phi) is 3.71. The molecule has 4 fully saturated rings. The van der Waals surface area contributed by atoms with Crippen LogP contribution >= 0.6 is 0 Å². The zero-order valence-electron chi connectivity index (χ0n) is 13.5. The third kappa shape index (κ3) is 2.47. The van der Waals surface area contributed by atoms with Crippen molar-refractivity contribution in [2.45, 2.75) is 57.4 Å². The molecule has 0 unspecified atom stereocenters. The number of amides is 1. The van der Waals surface area contributed by atoms with E-state index >= 15 is 0 Å². The van der Waals surface area contributed by atoms with Crippen molar-refractivity contribution in [1.82, 2.24) is 5.32 Å². The van der Waals surface area contributed by atoms with E-state index in [1.165, 1.54) is 32.1 Å². The quantitative estimate of drug-likeness (QED) is 0.890. The summed E-state index contributed by atoms with van der Waals surface area (Å²) >= 11 is 0. The van der Waals surface area contributed by atoms with Gasteiger partial charge in [-0.15, -0.1) is 0 Å². The maximum absolute atomic E-state index is 12.9. The summed E-state index contributed by atoms with van der Waals surface area (Å²) in [7, 11) is 0. The molecule has 5 rings (SSSR count). The normalized spacial score (nSPS) is 37.0. The molecule has 1 atom stereocenters. The van der Waals surface area contributed by atoms with Gasteiger partial charge in [-0.05, 0) is 67.8 Å². The lowest BCUT2D eigenvalue weighted by Gasteiger charge is -2.54. The molecular weight excluding hydrogens is 270 g/mol. The number of hydrogen-bond acceptors (Lipinski definition) is 1. The van der Waals surface area contributed by atoms with Crippen LogP contribution in [-0.2, 0) is 4.79 Å². The highest BCUT2D eigenvalue weighted by molar-refractivity contribution is 5.83. The van der Waals surface area contributed by atoms with Crippen molar-refractivity contribution in [3.05, 3.63) is 35.9 Å². The molecule has 1 aromatic rings. The molecule has 22 heavy (non-hydrogen) atoms. The van der Waals surface area contributed by atoms with Gasteiger partial charge in [-0.25, -0.2) is 0 Å². The van der Waals surface area contributed by atoms with Gasteiger partial charge < -0.3 is 5.32 Å². The number of benzene rings is 1. The van der Waals surface area contributed by atoms with Crippen LogP contribution in [0.25, 0.3) is 0 Å². The highest BCUT2D eigenvalue weighted by Gasteiger charge is 2.48. The molecule has 2 nitrogen and oxygen atoms in total. The number of rotatable bonds is 4. The zero-order valence-corrected chi connectivity index (χ0v) is 13.5. The van der Waals surface area contributed by atoms with E-state index in [4.69, 9.17) is 0 Å². The molecule has 4 saturated carbocycles. The monoisotopic (exact) mass is 297 g/mol. The molecular formula is C20H27NO. The van der Waals surface area contributed by atoms with Crippen LogP contribution in [0.5, 0.6) is 0 Å². The summed E-state index contributed by atoms with van der Waals surface area (Å²) in [4.78, 5) is 12.9. The topological polar surface area (TPSA) is 29.1 Å². The van der Waals surface area contributed by atoms with Gasteiger partial charge in [0.25, 0.3) is 0 Å². The predicted molar refractivity (Wildman–Crippen MR) is 88.4 cm³/mol. The average molecular weight is 297 g/mol. The van der Waals surface area contributed by atoms with Gasteiger partial charge in [-0.1, -0.05) is 37.3 Å². The standard InChI is InChI=1S/C20H27NO/c1-2-18(15-6-4-3-5-7-15)20(22)21-19-16-9-13-8-14(11-16)12-17(19)10-13/h3-7,13-14,16-19H,2,8-12H2,1H3,(H,21,22)/t13?,14?,16?,17?,18-,19?/m1/s1. The minimum atomic E-state index is 0.0124. The first-order valence-corrected chi connectivity index (χ1v) is 9.10. The van der Waals surface area contributed by atoms with Gasteiger partial charge in [0.15, 0.2) is 0 Å². The Morgan fingerprint density at radius 1 is 1.05 bits per heavy atom. The first-order valence-electron chi connectivity index (χ1n) is 9.10. The third-order valence-corrected chi connectivity index (χ3v) is 6.46. The van der Waals surface area contributed by atoms with E-state index in [1.54, 1.807) is 0 Å². The Morgan fingerprint density at radius 2 is 1.64 bits per heavy atom. The predicted octanol–water partition coefficient (Wildman–Crippen LogP) is 4.12. The zero-order chi connectivity index (χ0) is 15.1. The molecule has 1 aromatic carbocycles. The highest BCUT2D eigenvalue weighted by atomic mass is 16.1. The molecule has 0 aliphatic heterocycles. The second-order valence-corrected chi connectivity index (χ2v) is 7.84. The summed E-state index contributed by atoms with van der Waals surface area (Å²) in [6, 6.07) is 10.7. The maximum Gasteiger partial charge on any atom is 0.227 e. The van der Waals surface area contributed by atoms with Gasteiger partial charge >= 0.3 is 0 Å². The van der Waals surface area contributed by atoms with Gasteiger partial charge in [0.2, 0.25) is 5.91 Å². The molecule has 4 aliphatic rings. The van der Waals surface area contributed by atoms with E-state index in [1.807, 2.05) is 18.2 Å². The molecule has 0 spiro atoms. The lowest BCUT2D eigenvalue weighted by Crippen LogP contribution is -2.56. The fourth-order valence-electron chi connectivity index (χ4n) is 5.68. The van der Waals surface area contributed by atoms with Gasteiger partial charge in [0, 0.05) is 6.04 Å². The molecule has 1 amide bonds. The van der Waals surface area contributed by atoms with E-state index in [2.05, 4.69) is 24.4 Å². The SMILES string of the molecule is CC[C@@H](C(=O)NC1C2CC3CC(C2)CC1C3)c1ccccc1. The fourth-order valence-corrected chi connectivity index (χ4v) is 5.68. The second kappa shape index (κ2) is 5.72. The van der Waals surface area contributed by atoms with E-state index in [9.17, 15) is 4.79 Å². The Bertz CT molecular complexity index is 510. The van der Waals surface area contributed by atoms with Crippen molar-refractivity contribution >= 4 is 5.91 Å². The van der Waals surface area contributed by atoms with Crippen molar-refractivity contribution in [1.29, 1.82) is 0 Å². The number of hydrogen-bond donors (Lipinski definition) is 1. The molecule has 2 heteroatoms. The summed E-state index contributed by atoms with van der Waals surface area (Å²) in [6.07, 6.45) is 7.79. The van der Waals surface area contributed by atoms with Crippen LogP contribution < -0.4 is 5.32 Å². The second-order valence-electron chi connectivity index (χ2n) is 7.84. The van der Waals surface area contributed by atoms with Crippen LogP contribution in [0.15, 0.2) is 30.3 Å². The molecule has 118 valence electrons. The van der Waals surface area contributed by atoms with Crippen molar-refractivity contribution in [2.75, 3.05) is 0 Å². The van der Waals surface area contributed by atoms with Crippen LogP contribution in [0.3, 0.4) is 0 Å². The molecule has 0 radical (unpaired) electrons. The number of carbonyl (C=O) groups is 1. The lowest BCUT2D eigenvalue weighted by atomic mass is 9.54. The smallest absolute Gasteiger partial charge is 0.227 e. The van der Waals surface area contributed by atoms with Crippen LogP contribution in [-0.4, -0.2) is 11.9 Å². The highest BCUT2D eigenvalue weighted by Crippen LogP contribution is 2.53. The van der Waals surface area contributed by atoms with Gasteiger partial charge in [0.1, 0.15) is 0 Å². The van der Waals surface area contributed by atoms with E-state index in [0.29, 0.717) is 6.04 Å². The molecule has 4 bridgehead atoms. The number of carbonyl (C=O) groups excluding carboxylic acids is 1. The third-order valence-electron chi connectivity index (χ3n) is 6.46. The first-order chi connectivity index (χ1) is 10.7. The lowest BCUT2D eigenvalue weighted by molar-refractivity contribution is -0.126. The van der Waals surface area contributed by atoms with Crippen LogP contribution in [0.1, 0.15) is 56.9 Å². The molecule has 0 saturated heterocycles. The summed E-state index contributed by atoms with van der Waals surface area (Å²) in [6.45, 7) is 2.12. The van der Waals surface area contributed by atoms with Gasteiger partial charge in [0.05, 0.1) is 5.92 Å². The van der Waals surface area contributed by atoms with E-state index < -0.39 is 0 Å². The number of nitrogens with one attached hydrogen (secondary N) is 1. The minimum Gasteiger partial charge on any atom is -0.352 e. The van der Waals surface area contributed by atoms with Crippen molar-refractivity contribution in [3.63, 3.8) is 0 Å². The van der Waals surface area contributed by atoms with Crippen LogP contribution in [0.2, 0.25) is 0 Å². The van der Waals surface area contributed by atoms with Crippen molar-refractivity contribution < 1.29 is 4.79 Å². The fraction of sp³-hybridized carbons (Fsp3) is 0.650. The summed E-state index contributed by atoms with van der Waals surface area (Å²) in [5.41, 5.74) is 1.16. The summed E-state index contributed by atoms with van der Waals surface area (Å²) in [5, 5.41) is 3.47. The molecule has 4 aliphatic carbocycles. The summed E-state index contributed by atoms with van der Waals surface area (Å²) < 4.78 is 0. The van der Waals surface area contributed by atoms with Gasteiger partial charge in [-0.3, -0.25) is 4.79 Å². The van der Waals surface area contributed by atoms with Crippen molar-refractivity contribution in [3.8, 4) is 0 Å². The maximum atomic E-state index is 12.9. The first kappa shape index (κ1) is 14.3. The Hall–Kier alpha value is -1.31. The minimum absolute atomic E-state index is 0.0124. The largest absolute Gasteiger partial charge is 0.352 e. The van der Waals surface area contributed by atoms with Gasteiger partial charge in [-0.2, -0.15) is 0 Å². The Labute approximate surface area is 133 Å². The Morgan fingerprint density at radius 3 is 2.18 bits per heavy atom. The molecule has 0 aromatic heterocycles. The average Bonchev–Trinajstić information content (AvgIpc) is 2.52. The van der Waals surface area contributed by atoms with E-state index in [0.717, 1.165) is 35.7 Å². The summed E-state index contributed by atoms with van der Waals surface area (Å²) in [5.74, 6) is 3.71. The van der Waals surface area contributed by atoms with Crippen LogP contribution in [0.4, 0.5) is 0 Å². The molecule has 1 N–H and O–H groups in total. The van der Waals surface area contributed by atoms with Crippen molar-refractivity contribution in [2.24, 2.45) is 23.7 Å².